The predicted octanol–water partition coefficient (Wildman–Crippen LogP) is 5.68. The van der Waals surface area contributed by atoms with Crippen molar-refractivity contribution in [2.75, 3.05) is 19.0 Å². The van der Waals surface area contributed by atoms with E-state index in [1.807, 2.05) is 31.2 Å². The SMILES string of the molecule is CCOc1ccc(NC(=O)CC(=O)NN=Cc2cc(Br)c(OCc3ccc(Br)cc3)c(OC)c2)cc1. The zero-order valence-corrected chi connectivity index (χ0v) is 22.9. The molecule has 0 bridgehead atoms. The molecule has 3 aromatic rings. The van der Waals surface area contributed by atoms with E-state index in [0.717, 1.165) is 10.0 Å². The second kappa shape index (κ2) is 13.6. The summed E-state index contributed by atoms with van der Waals surface area (Å²) < 4.78 is 18.4. The molecule has 0 radical (unpaired) electrons. The number of nitrogens with one attached hydrogen (secondary N) is 2. The summed E-state index contributed by atoms with van der Waals surface area (Å²) in [4.78, 5) is 24.2. The fourth-order valence-electron chi connectivity index (χ4n) is 3.06. The van der Waals surface area contributed by atoms with Gasteiger partial charge in [0.15, 0.2) is 11.5 Å². The number of carbonyl (C=O) groups excluding carboxylic acids is 2. The first-order valence-electron chi connectivity index (χ1n) is 11.0. The number of hydrogen-bond acceptors (Lipinski definition) is 6. The first kappa shape index (κ1) is 27.2. The van der Waals surface area contributed by atoms with E-state index in [-0.39, 0.29) is 6.42 Å². The molecule has 2 amide bonds. The maximum atomic E-state index is 12.1. The van der Waals surface area contributed by atoms with E-state index in [0.29, 0.717) is 46.2 Å². The fourth-order valence-corrected chi connectivity index (χ4v) is 3.90. The van der Waals surface area contributed by atoms with Crippen molar-refractivity contribution in [3.8, 4) is 17.2 Å². The smallest absolute Gasteiger partial charge is 0.249 e. The van der Waals surface area contributed by atoms with Crippen molar-refractivity contribution in [3.05, 3.63) is 80.7 Å². The molecule has 0 heterocycles. The highest BCUT2D eigenvalue weighted by atomic mass is 79.9. The van der Waals surface area contributed by atoms with Crippen LogP contribution in [0.15, 0.2) is 74.7 Å². The van der Waals surface area contributed by atoms with E-state index in [2.05, 4.69) is 47.7 Å². The normalized spacial score (nSPS) is 10.7. The first-order valence-corrected chi connectivity index (χ1v) is 12.6. The third-order valence-corrected chi connectivity index (χ3v) is 5.84. The molecule has 10 heteroatoms. The van der Waals surface area contributed by atoms with Crippen molar-refractivity contribution in [2.45, 2.75) is 20.0 Å². The molecule has 0 aliphatic heterocycles. The number of nitrogens with zero attached hydrogens (tertiary/aromatic N) is 1. The van der Waals surface area contributed by atoms with Gasteiger partial charge in [-0.3, -0.25) is 9.59 Å². The van der Waals surface area contributed by atoms with Crippen LogP contribution < -0.4 is 25.0 Å². The average molecular weight is 619 g/mol. The van der Waals surface area contributed by atoms with Crippen LogP contribution in [0, 0.1) is 0 Å². The Hall–Kier alpha value is -3.37. The third-order valence-electron chi connectivity index (χ3n) is 4.72. The minimum atomic E-state index is -0.546. The number of ether oxygens (including phenoxy) is 3. The summed E-state index contributed by atoms with van der Waals surface area (Å²) in [5.41, 5.74) is 4.59. The van der Waals surface area contributed by atoms with E-state index >= 15 is 0 Å². The molecule has 0 aliphatic carbocycles. The maximum absolute atomic E-state index is 12.1. The Morgan fingerprint density at radius 3 is 2.36 bits per heavy atom. The molecule has 0 aromatic heterocycles. The second-order valence-corrected chi connectivity index (χ2v) is 9.19. The number of hydrogen-bond donors (Lipinski definition) is 2. The molecule has 0 fully saturated rings. The van der Waals surface area contributed by atoms with Gasteiger partial charge in [0, 0.05) is 10.2 Å². The highest BCUT2D eigenvalue weighted by Crippen LogP contribution is 2.37. The lowest BCUT2D eigenvalue weighted by atomic mass is 10.2. The van der Waals surface area contributed by atoms with Gasteiger partial charge >= 0.3 is 0 Å². The summed E-state index contributed by atoms with van der Waals surface area (Å²) in [5, 5.41) is 6.60. The minimum Gasteiger partial charge on any atom is -0.494 e. The average Bonchev–Trinajstić information content (AvgIpc) is 2.85. The zero-order chi connectivity index (χ0) is 25.9. The van der Waals surface area contributed by atoms with Crippen LogP contribution in [0.3, 0.4) is 0 Å². The predicted molar refractivity (Wildman–Crippen MR) is 146 cm³/mol. The van der Waals surface area contributed by atoms with Crippen molar-refractivity contribution in [1.82, 2.24) is 5.43 Å². The molecule has 0 aliphatic rings. The van der Waals surface area contributed by atoms with Crippen molar-refractivity contribution < 1.29 is 23.8 Å². The van der Waals surface area contributed by atoms with Crippen LogP contribution >= 0.6 is 31.9 Å². The van der Waals surface area contributed by atoms with E-state index in [4.69, 9.17) is 14.2 Å². The lowest BCUT2D eigenvalue weighted by Crippen LogP contribution is -2.24. The molecule has 0 saturated carbocycles. The topological polar surface area (TPSA) is 98.2 Å². The number of rotatable bonds is 11. The summed E-state index contributed by atoms with van der Waals surface area (Å²) in [6, 6.07) is 18.2. The van der Waals surface area contributed by atoms with Crippen molar-refractivity contribution in [1.29, 1.82) is 0 Å². The molecule has 0 spiro atoms. The van der Waals surface area contributed by atoms with Crippen LogP contribution in [0.1, 0.15) is 24.5 Å². The number of carbonyl (C=O) groups is 2. The van der Waals surface area contributed by atoms with Crippen LogP contribution in [0.25, 0.3) is 0 Å². The van der Waals surface area contributed by atoms with Crippen LogP contribution in [0.5, 0.6) is 17.2 Å². The van der Waals surface area contributed by atoms with Gasteiger partial charge in [-0.25, -0.2) is 5.43 Å². The quantitative estimate of drug-likeness (QED) is 0.164. The van der Waals surface area contributed by atoms with Crippen molar-refractivity contribution in [2.24, 2.45) is 5.10 Å². The Labute approximate surface area is 226 Å². The Morgan fingerprint density at radius 1 is 0.972 bits per heavy atom. The first-order chi connectivity index (χ1) is 17.4. The number of anilines is 1. The molecular weight excluding hydrogens is 594 g/mol. The lowest BCUT2D eigenvalue weighted by molar-refractivity contribution is -0.126. The fraction of sp³-hybridized carbons (Fsp3) is 0.192. The van der Waals surface area contributed by atoms with Gasteiger partial charge in [-0.2, -0.15) is 5.10 Å². The summed E-state index contributed by atoms with van der Waals surface area (Å²) in [6.45, 7) is 2.81. The van der Waals surface area contributed by atoms with Gasteiger partial charge in [0.25, 0.3) is 0 Å². The summed E-state index contributed by atoms with van der Waals surface area (Å²) >= 11 is 6.91. The highest BCUT2D eigenvalue weighted by molar-refractivity contribution is 9.10. The number of methoxy groups -OCH3 is 1. The third kappa shape index (κ3) is 8.39. The van der Waals surface area contributed by atoms with Gasteiger partial charge in [-0.05, 0) is 82.5 Å². The van der Waals surface area contributed by atoms with Gasteiger partial charge in [-0.15, -0.1) is 0 Å². The van der Waals surface area contributed by atoms with Gasteiger partial charge in [0.05, 0.1) is 24.4 Å². The van der Waals surface area contributed by atoms with Gasteiger partial charge in [0.1, 0.15) is 18.8 Å². The molecule has 2 N–H and O–H groups in total. The molecular formula is C26H25Br2N3O5. The largest absolute Gasteiger partial charge is 0.494 e. The maximum Gasteiger partial charge on any atom is 0.249 e. The van der Waals surface area contributed by atoms with Crippen molar-refractivity contribution in [3.63, 3.8) is 0 Å². The molecule has 3 rings (SSSR count). The monoisotopic (exact) mass is 617 g/mol. The lowest BCUT2D eigenvalue weighted by Gasteiger charge is -2.13. The van der Waals surface area contributed by atoms with Gasteiger partial charge < -0.3 is 19.5 Å². The molecule has 0 saturated heterocycles. The van der Waals surface area contributed by atoms with Gasteiger partial charge in [-0.1, -0.05) is 28.1 Å². The van der Waals surface area contributed by atoms with Crippen LogP contribution in [-0.4, -0.2) is 31.7 Å². The number of benzene rings is 3. The van der Waals surface area contributed by atoms with E-state index < -0.39 is 11.8 Å². The summed E-state index contributed by atoms with van der Waals surface area (Å²) in [6.07, 6.45) is 1.08. The second-order valence-electron chi connectivity index (χ2n) is 7.42. The Bertz CT molecular complexity index is 1220. The van der Waals surface area contributed by atoms with Crippen LogP contribution in [0.2, 0.25) is 0 Å². The number of amides is 2. The van der Waals surface area contributed by atoms with E-state index in [1.54, 1.807) is 43.5 Å². The molecule has 0 unspecified atom stereocenters. The standard InChI is InChI=1S/C26H25Br2N3O5/c1-3-35-21-10-8-20(9-11-21)30-24(32)14-25(33)31-29-15-18-12-22(28)26(23(13-18)34-2)36-16-17-4-6-19(27)7-5-17/h4-13,15H,3,14,16H2,1-2H3,(H,30,32)(H,31,33). The molecule has 8 nitrogen and oxygen atoms in total. The molecule has 0 atom stereocenters. The molecule has 188 valence electrons. The van der Waals surface area contributed by atoms with E-state index in [9.17, 15) is 9.59 Å². The Kier molecular flexibility index (Phi) is 10.3. The number of halogens is 2. The van der Waals surface area contributed by atoms with Crippen LogP contribution in [-0.2, 0) is 16.2 Å². The Balaban J connectivity index is 1.53. The van der Waals surface area contributed by atoms with Crippen LogP contribution in [0.4, 0.5) is 5.69 Å². The number of hydrazone groups is 1. The van der Waals surface area contributed by atoms with E-state index in [1.165, 1.54) is 6.21 Å². The van der Waals surface area contributed by atoms with Gasteiger partial charge in [0.2, 0.25) is 11.8 Å². The molecule has 36 heavy (non-hydrogen) atoms. The Morgan fingerprint density at radius 2 is 1.69 bits per heavy atom. The zero-order valence-electron chi connectivity index (χ0n) is 19.7. The summed E-state index contributed by atoms with van der Waals surface area (Å²) in [5.74, 6) is 0.755. The minimum absolute atomic E-state index is 0.366. The van der Waals surface area contributed by atoms with Crippen molar-refractivity contribution >= 4 is 55.6 Å². The summed E-state index contributed by atoms with van der Waals surface area (Å²) in [7, 11) is 1.54. The molecule has 3 aromatic carbocycles. The highest BCUT2D eigenvalue weighted by Gasteiger charge is 2.12.